The number of esters is 1. The van der Waals surface area contributed by atoms with Gasteiger partial charge in [0.25, 0.3) is 0 Å². The molecule has 1 unspecified atom stereocenters. The Morgan fingerprint density at radius 3 is 2.65 bits per heavy atom. The molecule has 1 aromatic carbocycles. The monoisotopic (exact) mass is 272 g/mol. The van der Waals surface area contributed by atoms with Gasteiger partial charge in [0.1, 0.15) is 0 Å². The molecular weight excluding hydrogens is 256 g/mol. The lowest BCUT2D eigenvalue weighted by molar-refractivity contribution is -0.141. The molecule has 1 aromatic heterocycles. The Morgan fingerprint density at radius 1 is 1.30 bits per heavy atom. The predicted molar refractivity (Wildman–Crippen MR) is 73.7 cm³/mol. The molecule has 1 atom stereocenters. The number of ketones is 1. The fourth-order valence-corrected chi connectivity index (χ4v) is 1.88. The van der Waals surface area contributed by atoms with Crippen LogP contribution in [0.25, 0.3) is 5.69 Å². The molecule has 0 bridgehead atoms. The largest absolute Gasteiger partial charge is 0.469 e. The third-order valence-electron chi connectivity index (χ3n) is 3.04. The third kappa shape index (κ3) is 3.12. The van der Waals surface area contributed by atoms with Crippen LogP contribution >= 0.6 is 0 Å². The molecule has 0 spiro atoms. The van der Waals surface area contributed by atoms with Gasteiger partial charge in [0.15, 0.2) is 5.78 Å². The van der Waals surface area contributed by atoms with Gasteiger partial charge in [-0.15, -0.1) is 0 Å². The first-order valence-electron chi connectivity index (χ1n) is 6.33. The maximum absolute atomic E-state index is 12.2. The molecule has 0 amide bonds. The van der Waals surface area contributed by atoms with Gasteiger partial charge < -0.3 is 4.74 Å². The van der Waals surface area contributed by atoms with Crippen molar-refractivity contribution in [1.82, 2.24) is 9.78 Å². The minimum absolute atomic E-state index is 0.0752. The summed E-state index contributed by atoms with van der Waals surface area (Å²) in [7, 11) is 1.31. The van der Waals surface area contributed by atoms with Crippen LogP contribution in [0.5, 0.6) is 0 Å². The van der Waals surface area contributed by atoms with Gasteiger partial charge in [-0.05, 0) is 12.1 Å². The lowest BCUT2D eigenvalue weighted by Gasteiger charge is -2.06. The molecule has 5 heteroatoms. The second-order valence-corrected chi connectivity index (χ2v) is 4.55. The maximum Gasteiger partial charge on any atom is 0.306 e. The fourth-order valence-electron chi connectivity index (χ4n) is 1.88. The second-order valence-electron chi connectivity index (χ2n) is 4.55. The van der Waals surface area contributed by atoms with Gasteiger partial charge in [0, 0.05) is 12.1 Å². The van der Waals surface area contributed by atoms with E-state index in [-0.39, 0.29) is 18.2 Å². The van der Waals surface area contributed by atoms with Crippen molar-refractivity contribution in [2.24, 2.45) is 5.92 Å². The van der Waals surface area contributed by atoms with Crippen LogP contribution in [0, 0.1) is 5.92 Å². The number of rotatable bonds is 5. The number of carbonyl (C=O) groups excluding carboxylic acids is 2. The standard InChI is InChI=1S/C15H16N2O3/c1-11(8-14(18)20-2)15(19)12-9-16-17(10-12)13-6-4-3-5-7-13/h3-7,9-11H,8H2,1-2H3. The smallest absolute Gasteiger partial charge is 0.306 e. The topological polar surface area (TPSA) is 61.2 Å². The van der Waals surface area contributed by atoms with Crippen LogP contribution in [0.3, 0.4) is 0 Å². The number of ether oxygens (including phenoxy) is 1. The molecule has 5 nitrogen and oxygen atoms in total. The van der Waals surface area contributed by atoms with E-state index in [2.05, 4.69) is 9.84 Å². The molecule has 0 saturated carbocycles. The summed E-state index contributed by atoms with van der Waals surface area (Å²) in [5.74, 6) is -0.922. The molecule has 2 aromatic rings. The lowest BCUT2D eigenvalue weighted by Crippen LogP contribution is -2.16. The van der Waals surface area contributed by atoms with E-state index < -0.39 is 5.92 Å². The molecule has 2 rings (SSSR count). The Kier molecular flexibility index (Phi) is 4.30. The number of Topliss-reactive ketones (excluding diaryl/α,β-unsaturated/α-hetero) is 1. The van der Waals surface area contributed by atoms with Crippen LogP contribution in [0.4, 0.5) is 0 Å². The van der Waals surface area contributed by atoms with Gasteiger partial charge >= 0.3 is 5.97 Å². The Balaban J connectivity index is 2.12. The minimum atomic E-state index is -0.420. The molecule has 0 aliphatic heterocycles. The number of para-hydroxylation sites is 1. The fraction of sp³-hybridized carbons (Fsp3) is 0.267. The Labute approximate surface area is 117 Å². The Morgan fingerprint density at radius 2 is 2.00 bits per heavy atom. The van der Waals surface area contributed by atoms with Crippen LogP contribution in [0.15, 0.2) is 42.7 Å². The first kappa shape index (κ1) is 14.0. The lowest BCUT2D eigenvalue weighted by atomic mass is 9.99. The van der Waals surface area contributed by atoms with Crippen molar-refractivity contribution in [2.75, 3.05) is 7.11 Å². The van der Waals surface area contributed by atoms with Gasteiger partial charge in [-0.1, -0.05) is 25.1 Å². The number of benzene rings is 1. The summed E-state index contributed by atoms with van der Waals surface area (Å²) in [6.45, 7) is 1.71. The highest BCUT2D eigenvalue weighted by Gasteiger charge is 2.20. The van der Waals surface area contributed by atoms with E-state index in [1.54, 1.807) is 17.8 Å². The van der Waals surface area contributed by atoms with Crippen molar-refractivity contribution >= 4 is 11.8 Å². The van der Waals surface area contributed by atoms with E-state index in [1.165, 1.54) is 13.3 Å². The highest BCUT2D eigenvalue weighted by atomic mass is 16.5. The third-order valence-corrected chi connectivity index (χ3v) is 3.04. The number of hydrogen-bond donors (Lipinski definition) is 0. The van der Waals surface area contributed by atoms with E-state index in [0.29, 0.717) is 5.56 Å². The molecule has 0 aliphatic carbocycles. The molecule has 20 heavy (non-hydrogen) atoms. The van der Waals surface area contributed by atoms with E-state index in [9.17, 15) is 9.59 Å². The summed E-state index contributed by atoms with van der Waals surface area (Å²) < 4.78 is 6.21. The van der Waals surface area contributed by atoms with E-state index in [4.69, 9.17) is 0 Å². The zero-order chi connectivity index (χ0) is 14.5. The average molecular weight is 272 g/mol. The number of hydrogen-bond acceptors (Lipinski definition) is 4. The molecule has 0 radical (unpaired) electrons. The number of carbonyl (C=O) groups is 2. The number of aromatic nitrogens is 2. The number of nitrogens with zero attached hydrogens (tertiary/aromatic N) is 2. The van der Waals surface area contributed by atoms with Crippen molar-refractivity contribution in [3.05, 3.63) is 48.3 Å². The average Bonchev–Trinajstić information content (AvgIpc) is 2.97. The molecule has 0 N–H and O–H groups in total. The minimum Gasteiger partial charge on any atom is -0.469 e. The summed E-state index contributed by atoms with van der Waals surface area (Å²) in [4.78, 5) is 23.4. The van der Waals surface area contributed by atoms with Crippen LogP contribution in [-0.2, 0) is 9.53 Å². The molecule has 0 aliphatic rings. The van der Waals surface area contributed by atoms with Gasteiger partial charge in [-0.3, -0.25) is 9.59 Å². The quantitative estimate of drug-likeness (QED) is 0.618. The van der Waals surface area contributed by atoms with Gasteiger partial charge in [0.2, 0.25) is 0 Å². The van der Waals surface area contributed by atoms with Crippen molar-refractivity contribution in [3.8, 4) is 5.69 Å². The van der Waals surface area contributed by atoms with Gasteiger partial charge in [-0.25, -0.2) is 4.68 Å². The Hall–Kier alpha value is -2.43. The summed E-state index contributed by atoms with van der Waals surface area (Å²) in [6, 6.07) is 9.52. The summed E-state index contributed by atoms with van der Waals surface area (Å²) in [6.07, 6.45) is 3.26. The zero-order valence-electron chi connectivity index (χ0n) is 11.4. The van der Waals surface area contributed by atoms with Gasteiger partial charge in [-0.2, -0.15) is 5.10 Å². The van der Waals surface area contributed by atoms with Crippen molar-refractivity contribution in [3.63, 3.8) is 0 Å². The van der Waals surface area contributed by atoms with Crippen molar-refractivity contribution in [2.45, 2.75) is 13.3 Å². The highest BCUT2D eigenvalue weighted by Crippen LogP contribution is 2.14. The first-order chi connectivity index (χ1) is 9.61. The van der Waals surface area contributed by atoms with E-state index in [0.717, 1.165) is 5.69 Å². The van der Waals surface area contributed by atoms with Crippen molar-refractivity contribution < 1.29 is 14.3 Å². The summed E-state index contributed by atoms with van der Waals surface area (Å²) in [5.41, 5.74) is 1.37. The van der Waals surface area contributed by atoms with Crippen LogP contribution < -0.4 is 0 Å². The molecule has 104 valence electrons. The molecule has 0 saturated heterocycles. The molecule has 1 heterocycles. The normalized spacial score (nSPS) is 11.9. The Bertz CT molecular complexity index is 605. The first-order valence-corrected chi connectivity index (χ1v) is 6.33. The van der Waals surface area contributed by atoms with Crippen molar-refractivity contribution in [1.29, 1.82) is 0 Å². The molecule has 0 fully saturated rings. The summed E-state index contributed by atoms with van der Waals surface area (Å²) >= 11 is 0. The predicted octanol–water partition coefficient (Wildman–Crippen LogP) is 2.25. The van der Waals surface area contributed by atoms with Crippen LogP contribution in [0.1, 0.15) is 23.7 Å². The SMILES string of the molecule is COC(=O)CC(C)C(=O)c1cnn(-c2ccccc2)c1. The zero-order valence-corrected chi connectivity index (χ0v) is 11.4. The molecular formula is C15H16N2O3. The second kappa shape index (κ2) is 6.14. The summed E-state index contributed by atoms with van der Waals surface area (Å²) in [5, 5.41) is 4.17. The van der Waals surface area contributed by atoms with Crippen LogP contribution in [-0.4, -0.2) is 28.6 Å². The maximum atomic E-state index is 12.2. The highest BCUT2D eigenvalue weighted by molar-refractivity contribution is 5.98. The number of methoxy groups -OCH3 is 1. The van der Waals surface area contributed by atoms with E-state index in [1.807, 2.05) is 30.3 Å². The van der Waals surface area contributed by atoms with Crippen LogP contribution in [0.2, 0.25) is 0 Å². The van der Waals surface area contributed by atoms with E-state index >= 15 is 0 Å². The van der Waals surface area contributed by atoms with Gasteiger partial charge in [0.05, 0.1) is 31.0 Å².